The molecule has 35 heavy (non-hydrogen) atoms. The highest BCUT2D eigenvalue weighted by atomic mass is 16.5. The third-order valence-corrected chi connectivity index (χ3v) is 6.82. The molecule has 1 aromatic carbocycles. The Hall–Kier alpha value is -3.72. The fourth-order valence-corrected chi connectivity index (χ4v) is 4.66. The van der Waals surface area contributed by atoms with Gasteiger partial charge in [0.2, 0.25) is 5.91 Å². The molecule has 0 spiro atoms. The number of likely N-dealkylation sites (tertiary alicyclic amines) is 2. The molecule has 9 heteroatoms. The highest BCUT2D eigenvalue weighted by molar-refractivity contribution is 6.09. The average molecular weight is 475 g/mol. The van der Waals surface area contributed by atoms with E-state index in [0.29, 0.717) is 48.0 Å². The number of aromatic amines is 1. The predicted molar refractivity (Wildman–Crippen MR) is 133 cm³/mol. The number of ether oxygens (including phenoxy) is 1. The fourth-order valence-electron chi connectivity index (χ4n) is 4.66. The summed E-state index contributed by atoms with van der Waals surface area (Å²) in [5.41, 5.74) is 2.32. The largest absolute Gasteiger partial charge is 0.370 e. The van der Waals surface area contributed by atoms with Crippen LogP contribution in [0, 0.1) is 5.92 Å². The molecule has 4 heterocycles. The summed E-state index contributed by atoms with van der Waals surface area (Å²) in [6, 6.07) is 10.0. The standard InChI is InChI=1S/C26H30N6O3/c1-2-22(33)31-10-8-18(9-11-31)12-27-24-23-21(13-28-25(23)30-17-29-24)26(34)32-14-20(15-32)35-16-19-6-4-3-5-7-19/h2-7,13,17-18,20H,1,8-12,14-16H2,(H2,27,28,29,30). The highest BCUT2D eigenvalue weighted by Gasteiger charge is 2.33. The van der Waals surface area contributed by atoms with Crippen LogP contribution in [-0.4, -0.2) is 75.4 Å². The lowest BCUT2D eigenvalue weighted by Gasteiger charge is -2.38. The van der Waals surface area contributed by atoms with E-state index in [1.54, 1.807) is 11.1 Å². The Kier molecular flexibility index (Phi) is 6.76. The average Bonchev–Trinajstić information content (AvgIpc) is 3.32. The van der Waals surface area contributed by atoms with Crippen molar-refractivity contribution in [1.82, 2.24) is 24.8 Å². The van der Waals surface area contributed by atoms with Gasteiger partial charge in [0.15, 0.2) is 0 Å². The Morgan fingerprint density at radius 2 is 1.91 bits per heavy atom. The van der Waals surface area contributed by atoms with Crippen molar-refractivity contribution in [2.45, 2.75) is 25.6 Å². The van der Waals surface area contributed by atoms with Gasteiger partial charge in [-0.1, -0.05) is 36.9 Å². The van der Waals surface area contributed by atoms with Crippen LogP contribution in [0.1, 0.15) is 28.8 Å². The third-order valence-electron chi connectivity index (χ3n) is 6.82. The van der Waals surface area contributed by atoms with E-state index in [2.05, 4.69) is 26.8 Å². The van der Waals surface area contributed by atoms with Crippen LogP contribution in [0.25, 0.3) is 11.0 Å². The van der Waals surface area contributed by atoms with Gasteiger partial charge in [0.05, 0.1) is 23.7 Å². The second kappa shape index (κ2) is 10.3. The van der Waals surface area contributed by atoms with Gasteiger partial charge >= 0.3 is 0 Å². The number of nitrogens with one attached hydrogen (secondary N) is 2. The predicted octanol–water partition coefficient (Wildman–Crippen LogP) is 2.84. The highest BCUT2D eigenvalue weighted by Crippen LogP contribution is 2.27. The molecule has 2 fully saturated rings. The first-order valence-corrected chi connectivity index (χ1v) is 12.0. The van der Waals surface area contributed by atoms with Gasteiger partial charge in [0.25, 0.3) is 5.91 Å². The summed E-state index contributed by atoms with van der Waals surface area (Å²) in [6.45, 7) is 7.42. The lowest BCUT2D eigenvalue weighted by atomic mass is 9.96. The summed E-state index contributed by atoms with van der Waals surface area (Å²) in [6.07, 6.45) is 6.45. The van der Waals surface area contributed by atoms with Crippen molar-refractivity contribution in [3.63, 3.8) is 0 Å². The zero-order valence-corrected chi connectivity index (χ0v) is 19.7. The van der Waals surface area contributed by atoms with Crippen molar-refractivity contribution in [1.29, 1.82) is 0 Å². The van der Waals surface area contributed by atoms with Gasteiger partial charge in [-0.25, -0.2) is 9.97 Å². The van der Waals surface area contributed by atoms with Crippen molar-refractivity contribution >= 4 is 28.7 Å². The number of aromatic nitrogens is 3. The normalized spacial score (nSPS) is 16.8. The van der Waals surface area contributed by atoms with E-state index >= 15 is 0 Å². The number of benzene rings is 1. The van der Waals surface area contributed by atoms with Crippen molar-refractivity contribution in [2.75, 3.05) is 38.0 Å². The summed E-state index contributed by atoms with van der Waals surface area (Å²) >= 11 is 0. The Bertz CT molecular complexity index is 1200. The van der Waals surface area contributed by atoms with Crippen LogP contribution in [0.3, 0.4) is 0 Å². The Labute approximate surface area is 204 Å². The number of rotatable bonds is 8. The van der Waals surface area contributed by atoms with E-state index in [0.717, 1.165) is 38.0 Å². The molecule has 2 aliphatic rings. The first-order valence-electron chi connectivity index (χ1n) is 12.0. The molecular weight excluding hydrogens is 444 g/mol. The summed E-state index contributed by atoms with van der Waals surface area (Å²) < 4.78 is 5.94. The number of hydrogen-bond donors (Lipinski definition) is 2. The zero-order chi connectivity index (χ0) is 24.2. The molecule has 0 atom stereocenters. The number of piperidine rings is 1. The molecule has 0 unspecified atom stereocenters. The van der Waals surface area contributed by atoms with Crippen molar-refractivity contribution < 1.29 is 14.3 Å². The molecule has 0 radical (unpaired) electrons. The minimum absolute atomic E-state index is 0.0110. The Balaban J connectivity index is 1.18. The molecule has 0 bridgehead atoms. The van der Waals surface area contributed by atoms with Crippen LogP contribution in [0.5, 0.6) is 0 Å². The lowest BCUT2D eigenvalue weighted by molar-refractivity contribution is -0.127. The first kappa shape index (κ1) is 23.0. The van der Waals surface area contributed by atoms with E-state index in [9.17, 15) is 9.59 Å². The fraction of sp³-hybridized carbons (Fsp3) is 0.385. The van der Waals surface area contributed by atoms with Crippen LogP contribution >= 0.6 is 0 Å². The quantitative estimate of drug-likeness (QED) is 0.487. The second-order valence-corrected chi connectivity index (χ2v) is 9.13. The molecule has 3 aromatic rings. The van der Waals surface area contributed by atoms with E-state index in [-0.39, 0.29) is 17.9 Å². The number of H-pyrrole nitrogens is 1. The molecule has 0 aliphatic carbocycles. The van der Waals surface area contributed by atoms with Crippen molar-refractivity contribution in [2.24, 2.45) is 5.92 Å². The Morgan fingerprint density at radius 3 is 2.66 bits per heavy atom. The topological polar surface area (TPSA) is 103 Å². The van der Waals surface area contributed by atoms with Gasteiger partial charge in [-0.15, -0.1) is 0 Å². The van der Waals surface area contributed by atoms with Crippen molar-refractivity contribution in [3.8, 4) is 0 Å². The molecule has 5 rings (SSSR count). The molecule has 2 saturated heterocycles. The SMILES string of the molecule is C=CC(=O)N1CCC(CNc2ncnc3[nH]cc(C(=O)N4CC(OCc5ccccc5)C4)c23)CC1. The monoisotopic (exact) mass is 474 g/mol. The minimum atomic E-state index is -0.0510. The second-order valence-electron chi connectivity index (χ2n) is 9.13. The van der Waals surface area contributed by atoms with Crippen LogP contribution in [0.15, 0.2) is 55.5 Å². The molecule has 182 valence electrons. The summed E-state index contributed by atoms with van der Waals surface area (Å²) in [7, 11) is 0. The summed E-state index contributed by atoms with van der Waals surface area (Å²) in [5.74, 6) is 1.01. The molecule has 0 saturated carbocycles. The van der Waals surface area contributed by atoms with Gasteiger partial charge in [0.1, 0.15) is 17.8 Å². The minimum Gasteiger partial charge on any atom is -0.370 e. The Morgan fingerprint density at radius 1 is 1.14 bits per heavy atom. The lowest BCUT2D eigenvalue weighted by Crippen LogP contribution is -2.54. The molecule has 2 amide bonds. The number of nitrogens with zero attached hydrogens (tertiary/aromatic N) is 4. The van der Waals surface area contributed by atoms with Crippen molar-refractivity contribution in [3.05, 3.63) is 66.6 Å². The summed E-state index contributed by atoms with van der Waals surface area (Å²) in [5, 5.41) is 4.14. The molecule has 2 aromatic heterocycles. The number of carbonyl (C=O) groups is 2. The third kappa shape index (κ3) is 5.05. The van der Waals surface area contributed by atoms with E-state index < -0.39 is 0 Å². The number of amides is 2. The molecule has 2 aliphatic heterocycles. The maximum atomic E-state index is 13.2. The van der Waals surface area contributed by atoms with E-state index in [1.807, 2.05) is 35.2 Å². The first-order chi connectivity index (χ1) is 17.1. The van der Waals surface area contributed by atoms with Gasteiger partial charge in [-0.05, 0) is 30.4 Å². The summed E-state index contributed by atoms with van der Waals surface area (Å²) in [4.78, 5) is 40.5. The maximum absolute atomic E-state index is 13.2. The number of anilines is 1. The number of carbonyl (C=O) groups excluding carboxylic acids is 2. The van der Waals surface area contributed by atoms with E-state index in [4.69, 9.17) is 4.74 Å². The van der Waals surface area contributed by atoms with Gasteiger partial charge in [-0.3, -0.25) is 9.59 Å². The maximum Gasteiger partial charge on any atom is 0.256 e. The van der Waals surface area contributed by atoms with Gasteiger partial charge in [0, 0.05) is 38.9 Å². The van der Waals surface area contributed by atoms with Crippen LogP contribution in [0.2, 0.25) is 0 Å². The van der Waals surface area contributed by atoms with Crippen LogP contribution in [0.4, 0.5) is 5.82 Å². The molecule has 2 N–H and O–H groups in total. The van der Waals surface area contributed by atoms with Crippen LogP contribution < -0.4 is 5.32 Å². The molecule has 9 nitrogen and oxygen atoms in total. The van der Waals surface area contributed by atoms with Gasteiger partial charge in [-0.2, -0.15) is 0 Å². The smallest absolute Gasteiger partial charge is 0.256 e. The zero-order valence-electron chi connectivity index (χ0n) is 19.7. The van der Waals surface area contributed by atoms with Gasteiger partial charge < -0.3 is 24.8 Å². The number of fused-ring (bicyclic) bond motifs is 1. The molecular formula is C26H30N6O3. The van der Waals surface area contributed by atoms with E-state index in [1.165, 1.54) is 12.4 Å². The number of hydrogen-bond acceptors (Lipinski definition) is 6. The van der Waals surface area contributed by atoms with Crippen LogP contribution in [-0.2, 0) is 16.1 Å².